The van der Waals surface area contributed by atoms with E-state index in [0.29, 0.717) is 11.3 Å². The van der Waals surface area contributed by atoms with Crippen LogP contribution in [-0.2, 0) is 10.0 Å². The third kappa shape index (κ3) is 4.60. The number of aryl methyl sites for hydroxylation is 2. The van der Waals surface area contributed by atoms with Gasteiger partial charge in [-0.1, -0.05) is 29.8 Å². The van der Waals surface area contributed by atoms with Gasteiger partial charge in [-0.25, -0.2) is 8.42 Å². The van der Waals surface area contributed by atoms with E-state index < -0.39 is 10.0 Å². The van der Waals surface area contributed by atoms with E-state index in [1.54, 1.807) is 24.3 Å². The Morgan fingerprint density at radius 2 is 1.80 bits per heavy atom. The Kier molecular flexibility index (Phi) is 5.52. The molecule has 5 nitrogen and oxygen atoms in total. The summed E-state index contributed by atoms with van der Waals surface area (Å²) in [6.45, 7) is 5.97. The zero-order chi connectivity index (χ0) is 18.8. The third-order valence-corrected chi connectivity index (χ3v) is 5.42. The van der Waals surface area contributed by atoms with Crippen molar-refractivity contribution in [2.24, 2.45) is 0 Å². The van der Waals surface area contributed by atoms with Crippen molar-refractivity contribution in [3.8, 4) is 0 Å². The topological polar surface area (TPSA) is 66.5 Å². The second-order valence-corrected chi connectivity index (χ2v) is 8.35. The van der Waals surface area contributed by atoms with Crippen LogP contribution in [0, 0.1) is 13.8 Å². The van der Waals surface area contributed by atoms with Gasteiger partial charge >= 0.3 is 0 Å². The van der Waals surface area contributed by atoms with Crippen molar-refractivity contribution < 1.29 is 13.2 Å². The smallest absolute Gasteiger partial charge is 0.251 e. The van der Waals surface area contributed by atoms with Crippen LogP contribution in [0.4, 0.5) is 5.69 Å². The van der Waals surface area contributed by atoms with Crippen LogP contribution in [0.1, 0.15) is 40.0 Å². The normalized spacial score (nSPS) is 12.5. The minimum Gasteiger partial charge on any atom is -0.346 e. The van der Waals surface area contributed by atoms with Gasteiger partial charge in [0, 0.05) is 12.6 Å². The van der Waals surface area contributed by atoms with Crippen LogP contribution < -0.4 is 9.62 Å². The van der Waals surface area contributed by atoms with Gasteiger partial charge in [-0.3, -0.25) is 9.10 Å². The summed E-state index contributed by atoms with van der Waals surface area (Å²) < 4.78 is 24.5. The maximum atomic E-state index is 12.6. The van der Waals surface area contributed by atoms with Gasteiger partial charge in [0.25, 0.3) is 5.91 Å². The molecule has 0 aliphatic rings. The first-order valence-corrected chi connectivity index (χ1v) is 9.86. The molecule has 0 spiro atoms. The van der Waals surface area contributed by atoms with Crippen LogP contribution in [0.3, 0.4) is 0 Å². The highest BCUT2D eigenvalue weighted by Gasteiger charge is 2.16. The van der Waals surface area contributed by atoms with Gasteiger partial charge < -0.3 is 5.32 Å². The van der Waals surface area contributed by atoms with E-state index in [1.807, 2.05) is 32.9 Å². The van der Waals surface area contributed by atoms with Crippen molar-refractivity contribution in [2.45, 2.75) is 26.8 Å². The summed E-state index contributed by atoms with van der Waals surface area (Å²) >= 11 is 0. The molecule has 0 aliphatic carbocycles. The monoisotopic (exact) mass is 360 g/mol. The molecule has 2 aromatic rings. The molecule has 1 N–H and O–H groups in total. The number of hydrogen-bond donors (Lipinski definition) is 1. The van der Waals surface area contributed by atoms with Crippen LogP contribution >= 0.6 is 0 Å². The fraction of sp³-hybridized carbons (Fsp3) is 0.316. The highest BCUT2D eigenvalue weighted by Crippen LogP contribution is 2.21. The molecule has 0 radical (unpaired) electrons. The summed E-state index contributed by atoms with van der Waals surface area (Å²) in [4.78, 5) is 12.6. The molecule has 0 heterocycles. The second-order valence-electron chi connectivity index (χ2n) is 6.34. The fourth-order valence-electron chi connectivity index (χ4n) is 2.62. The predicted octanol–water partition coefficient (Wildman–Crippen LogP) is 3.19. The molecule has 0 saturated carbocycles. The number of carbonyl (C=O) groups is 1. The molecule has 0 bridgehead atoms. The fourth-order valence-corrected chi connectivity index (χ4v) is 3.12. The average molecular weight is 360 g/mol. The van der Waals surface area contributed by atoms with Crippen molar-refractivity contribution >= 4 is 21.6 Å². The number of rotatable bonds is 5. The van der Waals surface area contributed by atoms with Crippen molar-refractivity contribution in [1.82, 2.24) is 5.32 Å². The first kappa shape index (κ1) is 19.0. The Bertz CT molecular complexity index is 891. The number of benzene rings is 2. The summed E-state index contributed by atoms with van der Waals surface area (Å²) in [5.74, 6) is -0.239. The molecule has 6 heteroatoms. The molecule has 0 aliphatic heterocycles. The van der Waals surface area contributed by atoms with Crippen LogP contribution in [0.25, 0.3) is 0 Å². The molecule has 1 amide bonds. The molecule has 0 unspecified atom stereocenters. The zero-order valence-corrected chi connectivity index (χ0v) is 16.0. The number of carbonyl (C=O) groups excluding carboxylic acids is 1. The number of hydrogen-bond acceptors (Lipinski definition) is 3. The molecule has 2 aromatic carbocycles. The second kappa shape index (κ2) is 7.27. The van der Waals surface area contributed by atoms with Gasteiger partial charge in [-0.2, -0.15) is 0 Å². The van der Waals surface area contributed by atoms with E-state index in [1.165, 1.54) is 7.05 Å². The average Bonchev–Trinajstić information content (AvgIpc) is 2.55. The summed E-state index contributed by atoms with van der Waals surface area (Å²) in [7, 11) is -1.91. The number of amides is 1. The predicted molar refractivity (Wildman–Crippen MR) is 101 cm³/mol. The lowest BCUT2D eigenvalue weighted by Gasteiger charge is -2.19. The maximum absolute atomic E-state index is 12.6. The van der Waals surface area contributed by atoms with Gasteiger partial charge in [-0.15, -0.1) is 0 Å². The molecule has 1 atom stereocenters. The number of nitrogens with one attached hydrogen (secondary N) is 1. The van der Waals surface area contributed by atoms with Crippen molar-refractivity contribution in [2.75, 3.05) is 17.6 Å². The lowest BCUT2D eigenvalue weighted by Crippen LogP contribution is -2.28. The largest absolute Gasteiger partial charge is 0.346 e. The molecule has 25 heavy (non-hydrogen) atoms. The third-order valence-electron chi connectivity index (χ3n) is 4.22. The Labute approximate surface area is 149 Å². The SMILES string of the molecule is Cc1ccc(C)c([C@H](C)NC(=O)c2cccc(N(C)S(C)(=O)=O)c2)c1. The Balaban J connectivity index is 2.22. The van der Waals surface area contributed by atoms with Crippen LogP contribution in [0.5, 0.6) is 0 Å². The quantitative estimate of drug-likeness (QED) is 0.890. The molecule has 2 rings (SSSR count). The van der Waals surface area contributed by atoms with Gasteiger partial charge in [0.05, 0.1) is 18.0 Å². The molecule has 0 fully saturated rings. The molecule has 0 saturated heterocycles. The van der Waals surface area contributed by atoms with E-state index in [4.69, 9.17) is 0 Å². The van der Waals surface area contributed by atoms with E-state index in [2.05, 4.69) is 11.4 Å². The van der Waals surface area contributed by atoms with Crippen LogP contribution in [0.2, 0.25) is 0 Å². The van der Waals surface area contributed by atoms with Gasteiger partial charge in [0.2, 0.25) is 10.0 Å². The summed E-state index contributed by atoms with van der Waals surface area (Å²) in [5.41, 5.74) is 4.19. The van der Waals surface area contributed by atoms with E-state index in [-0.39, 0.29) is 11.9 Å². The van der Waals surface area contributed by atoms with Crippen molar-refractivity contribution in [3.63, 3.8) is 0 Å². The zero-order valence-electron chi connectivity index (χ0n) is 15.2. The Hall–Kier alpha value is -2.34. The van der Waals surface area contributed by atoms with E-state index in [0.717, 1.165) is 27.3 Å². The van der Waals surface area contributed by atoms with Gasteiger partial charge in [-0.05, 0) is 50.1 Å². The number of anilines is 1. The standard InChI is InChI=1S/C19H24N2O3S/c1-13-9-10-14(2)18(11-13)15(3)20-19(22)16-7-6-8-17(12-16)21(4)25(5,23)24/h6-12,15H,1-5H3,(H,20,22)/t15-/m0/s1. The maximum Gasteiger partial charge on any atom is 0.251 e. The van der Waals surface area contributed by atoms with E-state index in [9.17, 15) is 13.2 Å². The van der Waals surface area contributed by atoms with Crippen LogP contribution in [0.15, 0.2) is 42.5 Å². The van der Waals surface area contributed by atoms with Gasteiger partial charge in [0.15, 0.2) is 0 Å². The Morgan fingerprint density at radius 1 is 1.12 bits per heavy atom. The van der Waals surface area contributed by atoms with E-state index >= 15 is 0 Å². The lowest BCUT2D eigenvalue weighted by molar-refractivity contribution is 0.0940. The minimum absolute atomic E-state index is 0.149. The number of nitrogens with zero attached hydrogens (tertiary/aromatic N) is 1. The first-order valence-electron chi connectivity index (χ1n) is 8.01. The number of sulfonamides is 1. The molecular formula is C19H24N2O3S. The molecular weight excluding hydrogens is 336 g/mol. The Morgan fingerprint density at radius 3 is 2.44 bits per heavy atom. The molecule has 134 valence electrons. The summed E-state index contributed by atoms with van der Waals surface area (Å²) in [5, 5.41) is 2.98. The van der Waals surface area contributed by atoms with Crippen molar-refractivity contribution in [1.29, 1.82) is 0 Å². The molecule has 0 aromatic heterocycles. The summed E-state index contributed by atoms with van der Waals surface area (Å²) in [6.07, 6.45) is 1.13. The first-order chi connectivity index (χ1) is 11.6. The van der Waals surface area contributed by atoms with Crippen molar-refractivity contribution in [3.05, 3.63) is 64.7 Å². The minimum atomic E-state index is -3.37. The highest BCUT2D eigenvalue weighted by atomic mass is 32.2. The highest BCUT2D eigenvalue weighted by molar-refractivity contribution is 7.92. The lowest BCUT2D eigenvalue weighted by atomic mass is 9.99. The van der Waals surface area contributed by atoms with Gasteiger partial charge in [0.1, 0.15) is 0 Å². The summed E-state index contributed by atoms with van der Waals surface area (Å²) in [6, 6.07) is 12.6. The van der Waals surface area contributed by atoms with Crippen LogP contribution in [-0.4, -0.2) is 27.6 Å².